The first-order chi connectivity index (χ1) is 10.6. The highest BCUT2D eigenvalue weighted by Crippen LogP contribution is 2.21. The van der Waals surface area contributed by atoms with Gasteiger partial charge in [-0.15, -0.1) is 11.3 Å². The molecule has 0 saturated heterocycles. The van der Waals surface area contributed by atoms with Crippen molar-refractivity contribution in [1.82, 2.24) is 15.0 Å². The second kappa shape index (κ2) is 5.72. The Bertz CT molecular complexity index is 914. The minimum Gasteiger partial charge on any atom is -0.454 e. The van der Waals surface area contributed by atoms with E-state index in [0.717, 1.165) is 5.01 Å². The van der Waals surface area contributed by atoms with Crippen molar-refractivity contribution in [2.45, 2.75) is 26.4 Å². The Labute approximate surface area is 128 Å². The zero-order valence-corrected chi connectivity index (χ0v) is 12.8. The first-order valence-electron chi connectivity index (χ1n) is 6.71. The molecule has 3 rings (SSSR count). The van der Waals surface area contributed by atoms with Crippen molar-refractivity contribution in [3.05, 3.63) is 49.0 Å². The Morgan fingerprint density at radius 1 is 1.45 bits per heavy atom. The molecule has 0 saturated carbocycles. The summed E-state index contributed by atoms with van der Waals surface area (Å²) in [5, 5.41) is 2.86. The van der Waals surface area contributed by atoms with Gasteiger partial charge in [-0.2, -0.15) is 4.98 Å². The molecule has 0 aliphatic heterocycles. The number of hydrogen-bond donors (Lipinski definition) is 1. The molecule has 0 unspecified atom stereocenters. The fraction of sp³-hybridized carbons (Fsp3) is 0.286. The molecule has 0 aromatic carbocycles. The Morgan fingerprint density at radius 2 is 2.27 bits per heavy atom. The lowest BCUT2D eigenvalue weighted by Gasteiger charge is -2.11. The minimum atomic E-state index is -0.540. The van der Waals surface area contributed by atoms with Gasteiger partial charge in [-0.3, -0.25) is 9.78 Å². The quantitative estimate of drug-likeness (QED) is 0.790. The molecule has 0 bridgehead atoms. The van der Waals surface area contributed by atoms with Crippen molar-refractivity contribution >= 4 is 22.4 Å². The first kappa shape index (κ1) is 14.5. The number of rotatable bonds is 4. The lowest BCUT2D eigenvalue weighted by molar-refractivity contribution is 0.206. The van der Waals surface area contributed by atoms with Gasteiger partial charge in [0.2, 0.25) is 5.71 Å². The smallest absolute Gasteiger partial charge is 0.337 e. The van der Waals surface area contributed by atoms with Crippen LogP contribution in [0.5, 0.6) is 6.01 Å². The van der Waals surface area contributed by atoms with Gasteiger partial charge in [0.1, 0.15) is 10.4 Å². The van der Waals surface area contributed by atoms with Crippen LogP contribution in [0.15, 0.2) is 31.6 Å². The van der Waals surface area contributed by atoms with Gasteiger partial charge in [0.05, 0.1) is 0 Å². The summed E-state index contributed by atoms with van der Waals surface area (Å²) < 4.78 is 10.6. The van der Waals surface area contributed by atoms with E-state index in [0.29, 0.717) is 12.0 Å². The fourth-order valence-corrected chi connectivity index (χ4v) is 2.74. The Kier molecular flexibility index (Phi) is 3.76. The molecule has 0 aliphatic rings. The van der Waals surface area contributed by atoms with E-state index < -0.39 is 11.2 Å². The Hall–Kier alpha value is -2.48. The SMILES string of the molecule is CCc1cc(=O)oc2nc(O[C@H](C)c3nccs3)[nH]c(=O)c12. The van der Waals surface area contributed by atoms with Gasteiger partial charge in [-0.1, -0.05) is 6.92 Å². The van der Waals surface area contributed by atoms with Crippen LogP contribution in [0.1, 0.15) is 30.5 Å². The third-order valence-electron chi connectivity index (χ3n) is 3.14. The molecule has 22 heavy (non-hydrogen) atoms. The normalized spacial score (nSPS) is 12.5. The van der Waals surface area contributed by atoms with E-state index in [1.54, 1.807) is 13.1 Å². The van der Waals surface area contributed by atoms with Crippen molar-refractivity contribution in [2.24, 2.45) is 0 Å². The molecule has 0 amide bonds. The number of nitrogens with one attached hydrogen (secondary N) is 1. The summed E-state index contributed by atoms with van der Waals surface area (Å²) in [5.41, 5.74) is -0.359. The van der Waals surface area contributed by atoms with Crippen molar-refractivity contribution < 1.29 is 9.15 Å². The van der Waals surface area contributed by atoms with Gasteiger partial charge in [-0.25, -0.2) is 9.78 Å². The van der Waals surface area contributed by atoms with Crippen molar-refractivity contribution in [1.29, 1.82) is 0 Å². The summed E-state index contributed by atoms with van der Waals surface area (Å²) in [6.07, 6.45) is 1.83. The van der Waals surface area contributed by atoms with E-state index in [2.05, 4.69) is 15.0 Å². The summed E-state index contributed by atoms with van der Waals surface area (Å²) in [7, 11) is 0. The van der Waals surface area contributed by atoms with Gasteiger partial charge in [0.15, 0.2) is 6.10 Å². The number of fused-ring (bicyclic) bond motifs is 1. The first-order valence-corrected chi connectivity index (χ1v) is 7.59. The van der Waals surface area contributed by atoms with Crippen LogP contribution in [0, 0.1) is 0 Å². The van der Waals surface area contributed by atoms with E-state index in [1.165, 1.54) is 17.4 Å². The van der Waals surface area contributed by atoms with E-state index in [9.17, 15) is 9.59 Å². The van der Waals surface area contributed by atoms with Gasteiger partial charge >= 0.3 is 11.6 Å². The number of H-pyrrole nitrogens is 1. The van der Waals surface area contributed by atoms with Gasteiger partial charge in [0, 0.05) is 17.6 Å². The number of hydrogen-bond acceptors (Lipinski definition) is 7. The molecule has 114 valence electrons. The Balaban J connectivity index is 2.06. The topological polar surface area (TPSA) is 98.1 Å². The summed E-state index contributed by atoms with van der Waals surface area (Å²) in [5.74, 6) is 0. The summed E-state index contributed by atoms with van der Waals surface area (Å²) in [6, 6.07) is 1.30. The number of aryl methyl sites for hydroxylation is 1. The van der Waals surface area contributed by atoms with Crippen LogP contribution < -0.4 is 15.9 Å². The number of aromatic amines is 1. The highest BCUT2D eigenvalue weighted by atomic mass is 32.1. The third-order valence-corrected chi connectivity index (χ3v) is 4.08. The van der Waals surface area contributed by atoms with Crippen LogP contribution in [0.3, 0.4) is 0 Å². The maximum atomic E-state index is 12.2. The average molecular weight is 319 g/mol. The zero-order chi connectivity index (χ0) is 15.7. The second-order valence-electron chi connectivity index (χ2n) is 4.63. The molecule has 3 heterocycles. The standard InChI is InChI=1S/C14H13N3O4S/c1-3-8-6-9(18)21-12-10(8)11(19)16-14(17-12)20-7(2)13-15-4-5-22-13/h4-7H,3H2,1-2H3,(H,16,17,19)/t7-/m1/s1. The highest BCUT2D eigenvalue weighted by molar-refractivity contribution is 7.09. The molecule has 3 aromatic rings. The lowest BCUT2D eigenvalue weighted by Crippen LogP contribution is -2.16. The van der Waals surface area contributed by atoms with E-state index in [4.69, 9.17) is 9.15 Å². The number of nitrogens with zero attached hydrogens (tertiary/aromatic N) is 2. The number of aromatic nitrogens is 3. The van der Waals surface area contributed by atoms with Gasteiger partial charge < -0.3 is 9.15 Å². The largest absolute Gasteiger partial charge is 0.454 e. The van der Waals surface area contributed by atoms with Gasteiger partial charge in [-0.05, 0) is 18.9 Å². The Morgan fingerprint density at radius 3 is 2.95 bits per heavy atom. The van der Waals surface area contributed by atoms with Crippen LogP contribution in [-0.2, 0) is 6.42 Å². The van der Waals surface area contributed by atoms with Gasteiger partial charge in [0.25, 0.3) is 5.56 Å². The molecule has 1 N–H and O–H groups in total. The lowest BCUT2D eigenvalue weighted by atomic mass is 10.1. The molecule has 1 atom stereocenters. The molecule has 0 radical (unpaired) electrons. The highest BCUT2D eigenvalue weighted by Gasteiger charge is 2.15. The van der Waals surface area contributed by atoms with Crippen LogP contribution in [0.25, 0.3) is 11.1 Å². The van der Waals surface area contributed by atoms with Crippen LogP contribution in [0.2, 0.25) is 0 Å². The predicted octanol–water partition coefficient (Wildman–Crippen LogP) is 2.04. The molecular weight excluding hydrogens is 306 g/mol. The van der Waals surface area contributed by atoms with Crippen LogP contribution >= 0.6 is 11.3 Å². The third kappa shape index (κ3) is 2.64. The van der Waals surface area contributed by atoms with E-state index in [1.807, 2.05) is 12.3 Å². The molecule has 3 aromatic heterocycles. The van der Waals surface area contributed by atoms with Crippen LogP contribution in [0.4, 0.5) is 0 Å². The molecule has 0 aliphatic carbocycles. The van der Waals surface area contributed by atoms with Crippen molar-refractivity contribution in [2.75, 3.05) is 0 Å². The zero-order valence-electron chi connectivity index (χ0n) is 12.0. The molecule has 8 heteroatoms. The monoisotopic (exact) mass is 319 g/mol. The summed E-state index contributed by atoms with van der Waals surface area (Å²) in [6.45, 7) is 3.64. The fourth-order valence-electron chi connectivity index (χ4n) is 2.12. The van der Waals surface area contributed by atoms with Crippen molar-refractivity contribution in [3.8, 4) is 6.01 Å². The van der Waals surface area contributed by atoms with Crippen LogP contribution in [-0.4, -0.2) is 15.0 Å². The summed E-state index contributed by atoms with van der Waals surface area (Å²) in [4.78, 5) is 34.5. The molecule has 0 spiro atoms. The summed E-state index contributed by atoms with van der Waals surface area (Å²) >= 11 is 1.44. The molecule has 0 fully saturated rings. The number of ether oxygens (including phenoxy) is 1. The average Bonchev–Trinajstić information content (AvgIpc) is 3.00. The number of thiazole rings is 1. The van der Waals surface area contributed by atoms with E-state index >= 15 is 0 Å². The minimum absolute atomic E-state index is 0.00315. The maximum absolute atomic E-state index is 12.2. The molecule has 7 nitrogen and oxygen atoms in total. The van der Waals surface area contributed by atoms with Crippen molar-refractivity contribution in [3.63, 3.8) is 0 Å². The van der Waals surface area contributed by atoms with E-state index in [-0.39, 0.29) is 23.2 Å². The predicted molar refractivity (Wildman–Crippen MR) is 81.4 cm³/mol. The maximum Gasteiger partial charge on any atom is 0.337 e. The molecular formula is C14H13N3O4S. The second-order valence-corrected chi connectivity index (χ2v) is 5.55.